The van der Waals surface area contributed by atoms with Gasteiger partial charge in [-0.15, -0.1) is 0 Å². The second-order valence-electron chi connectivity index (χ2n) is 10.1. The van der Waals surface area contributed by atoms with Gasteiger partial charge in [-0.25, -0.2) is 14.6 Å². The van der Waals surface area contributed by atoms with Gasteiger partial charge in [0.25, 0.3) is 5.56 Å². The average Bonchev–Trinajstić information content (AvgIpc) is 3.80. The maximum absolute atomic E-state index is 14.1. The number of carboxylic acid groups (broad SMARTS) is 1. The van der Waals surface area contributed by atoms with Crippen LogP contribution in [0.25, 0.3) is 23.1 Å². The third-order valence-corrected chi connectivity index (χ3v) is 8.36. The van der Waals surface area contributed by atoms with Crippen molar-refractivity contribution in [3.05, 3.63) is 133 Å². The van der Waals surface area contributed by atoms with Crippen LogP contribution in [0.15, 0.2) is 105 Å². The number of thiazole rings is 1. The highest BCUT2D eigenvalue weighted by molar-refractivity contribution is 7.07. The monoisotopic (exact) mass is 620 g/mol. The zero-order chi connectivity index (χ0) is 31.1. The lowest BCUT2D eigenvalue weighted by atomic mass is 9.93. The minimum Gasteiger partial charge on any atom is -0.478 e. The third kappa shape index (κ3) is 5.12. The van der Waals surface area contributed by atoms with Crippen LogP contribution < -0.4 is 24.4 Å². The molecule has 4 heterocycles. The molecular formula is C34H24N2O8S. The van der Waals surface area contributed by atoms with Gasteiger partial charge in [-0.1, -0.05) is 59.9 Å². The topological polar surface area (TPSA) is 130 Å². The molecule has 0 fully saturated rings. The average molecular weight is 621 g/mol. The minimum absolute atomic E-state index is 0.0725. The molecule has 0 spiro atoms. The van der Waals surface area contributed by atoms with Gasteiger partial charge in [0.2, 0.25) is 6.79 Å². The number of rotatable bonds is 7. The molecule has 224 valence electrons. The smallest absolute Gasteiger partial charge is 0.338 e. The fraction of sp³-hybridized carbons (Fsp3) is 0.118. The SMILES string of the molecule is CCOC(=O)C1=C(c2ccccc2)N=c2s/c(=C\c3ccc(-c4cccc(C(=O)O)c4)o3)c(=O)n2C1c1ccc2c(c1)OCO2. The number of nitrogens with zero attached hydrogens (tertiary/aromatic N) is 2. The number of esters is 1. The Bertz CT molecular complexity index is 2190. The molecular weight excluding hydrogens is 596 g/mol. The summed E-state index contributed by atoms with van der Waals surface area (Å²) in [6.07, 6.45) is 1.61. The first-order valence-electron chi connectivity index (χ1n) is 14.0. The molecule has 1 unspecified atom stereocenters. The van der Waals surface area contributed by atoms with Crippen LogP contribution in [-0.2, 0) is 9.53 Å². The Hall–Kier alpha value is -5.68. The molecule has 1 atom stereocenters. The van der Waals surface area contributed by atoms with E-state index in [0.29, 0.717) is 54.7 Å². The Morgan fingerprint density at radius 1 is 1.00 bits per heavy atom. The van der Waals surface area contributed by atoms with Crippen LogP contribution in [0.4, 0.5) is 0 Å². The van der Waals surface area contributed by atoms with Crippen molar-refractivity contribution in [2.45, 2.75) is 13.0 Å². The van der Waals surface area contributed by atoms with E-state index in [9.17, 15) is 19.5 Å². The molecule has 1 N–H and O–H groups in total. The van der Waals surface area contributed by atoms with Crippen molar-refractivity contribution in [3.63, 3.8) is 0 Å². The predicted octanol–water partition coefficient (Wildman–Crippen LogP) is 4.62. The van der Waals surface area contributed by atoms with Crippen molar-refractivity contribution < 1.29 is 33.3 Å². The summed E-state index contributed by atoms with van der Waals surface area (Å²) in [5.74, 6) is 0.287. The van der Waals surface area contributed by atoms with E-state index in [1.807, 2.05) is 30.3 Å². The predicted molar refractivity (Wildman–Crippen MR) is 165 cm³/mol. The van der Waals surface area contributed by atoms with Crippen LogP contribution in [0.5, 0.6) is 11.5 Å². The molecule has 0 saturated heterocycles. The molecule has 0 bridgehead atoms. The molecule has 2 aliphatic rings. The summed E-state index contributed by atoms with van der Waals surface area (Å²) in [6.45, 7) is 1.93. The summed E-state index contributed by atoms with van der Waals surface area (Å²) in [4.78, 5) is 44.5. The summed E-state index contributed by atoms with van der Waals surface area (Å²) in [5.41, 5.74) is 2.29. The van der Waals surface area contributed by atoms with Crippen LogP contribution in [0.3, 0.4) is 0 Å². The molecule has 0 aliphatic carbocycles. The molecule has 7 rings (SSSR count). The molecule has 3 aromatic carbocycles. The number of fused-ring (bicyclic) bond motifs is 2. The van der Waals surface area contributed by atoms with Gasteiger partial charge in [-0.2, -0.15) is 0 Å². The quantitative estimate of drug-likeness (QED) is 0.261. The van der Waals surface area contributed by atoms with Gasteiger partial charge in [0.15, 0.2) is 16.3 Å². The van der Waals surface area contributed by atoms with Gasteiger partial charge in [-0.05, 0) is 48.9 Å². The minimum atomic E-state index is -1.04. The summed E-state index contributed by atoms with van der Waals surface area (Å²) in [5, 5.41) is 9.36. The van der Waals surface area contributed by atoms with Crippen LogP contribution in [0.1, 0.15) is 40.2 Å². The molecule has 2 aliphatic heterocycles. The molecule has 11 heteroatoms. The van der Waals surface area contributed by atoms with Crippen LogP contribution in [0, 0.1) is 0 Å². The van der Waals surface area contributed by atoms with Crippen LogP contribution >= 0.6 is 11.3 Å². The fourth-order valence-electron chi connectivity index (χ4n) is 5.36. The third-order valence-electron chi connectivity index (χ3n) is 7.38. The van der Waals surface area contributed by atoms with E-state index in [2.05, 4.69) is 0 Å². The van der Waals surface area contributed by atoms with E-state index < -0.39 is 18.0 Å². The number of furan rings is 1. The maximum atomic E-state index is 14.1. The highest BCUT2D eigenvalue weighted by Crippen LogP contribution is 2.40. The van der Waals surface area contributed by atoms with E-state index in [1.165, 1.54) is 28.0 Å². The largest absolute Gasteiger partial charge is 0.478 e. The van der Waals surface area contributed by atoms with Gasteiger partial charge in [0, 0.05) is 17.2 Å². The molecule has 5 aromatic rings. The number of hydrogen-bond donors (Lipinski definition) is 1. The Kier molecular flexibility index (Phi) is 7.14. The van der Waals surface area contributed by atoms with Gasteiger partial charge < -0.3 is 23.7 Å². The van der Waals surface area contributed by atoms with Crippen LogP contribution in [0.2, 0.25) is 0 Å². The Balaban J connectivity index is 1.41. The second kappa shape index (κ2) is 11.4. The number of hydrogen-bond acceptors (Lipinski definition) is 9. The van der Waals surface area contributed by atoms with Crippen LogP contribution in [-0.4, -0.2) is 35.0 Å². The van der Waals surface area contributed by atoms with Crippen molar-refractivity contribution in [1.82, 2.24) is 4.57 Å². The van der Waals surface area contributed by atoms with E-state index in [4.69, 9.17) is 23.6 Å². The van der Waals surface area contributed by atoms with Gasteiger partial charge in [-0.3, -0.25) is 9.36 Å². The fourth-order valence-corrected chi connectivity index (χ4v) is 6.34. The summed E-state index contributed by atoms with van der Waals surface area (Å²) in [7, 11) is 0. The van der Waals surface area contributed by atoms with E-state index in [-0.39, 0.29) is 30.1 Å². The molecule has 45 heavy (non-hydrogen) atoms. The highest BCUT2D eigenvalue weighted by Gasteiger charge is 2.36. The number of carboxylic acids is 1. The number of carbonyl (C=O) groups is 2. The second-order valence-corrected chi connectivity index (χ2v) is 11.1. The Morgan fingerprint density at radius 3 is 2.60 bits per heavy atom. The Labute approximate surface area is 259 Å². The molecule has 10 nitrogen and oxygen atoms in total. The van der Waals surface area contributed by atoms with Gasteiger partial charge in [0.05, 0.1) is 34.0 Å². The van der Waals surface area contributed by atoms with E-state index in [1.54, 1.807) is 55.5 Å². The lowest BCUT2D eigenvalue weighted by Gasteiger charge is -2.26. The van der Waals surface area contributed by atoms with Gasteiger partial charge >= 0.3 is 11.9 Å². The van der Waals surface area contributed by atoms with Crippen molar-refractivity contribution in [3.8, 4) is 22.8 Å². The number of carbonyl (C=O) groups excluding carboxylic acids is 1. The van der Waals surface area contributed by atoms with Crippen molar-refractivity contribution >= 4 is 35.0 Å². The maximum Gasteiger partial charge on any atom is 0.338 e. The first kappa shape index (κ1) is 28.1. The molecule has 2 aromatic heterocycles. The molecule has 0 radical (unpaired) electrons. The van der Waals surface area contributed by atoms with Crippen molar-refractivity contribution in [1.29, 1.82) is 0 Å². The zero-order valence-electron chi connectivity index (χ0n) is 23.8. The Morgan fingerprint density at radius 2 is 1.80 bits per heavy atom. The number of benzene rings is 3. The molecule has 0 amide bonds. The van der Waals surface area contributed by atoms with Gasteiger partial charge in [0.1, 0.15) is 11.5 Å². The van der Waals surface area contributed by atoms with Crippen molar-refractivity contribution in [2.75, 3.05) is 13.4 Å². The lowest BCUT2D eigenvalue weighted by Crippen LogP contribution is -2.40. The lowest BCUT2D eigenvalue weighted by molar-refractivity contribution is -0.138. The normalized spacial score (nSPS) is 15.5. The summed E-state index contributed by atoms with van der Waals surface area (Å²) in [6, 6.07) is 23.6. The first-order valence-corrected chi connectivity index (χ1v) is 14.8. The van der Waals surface area contributed by atoms with E-state index in [0.717, 1.165) is 0 Å². The standard InChI is InChI=1S/C34H24N2O8S/c1-2-41-33(40)28-29(19-7-4-3-5-8-19)35-34-36(30(28)21-11-13-25-26(16-21)43-18-42-25)31(37)27(45-34)17-23-12-14-24(44-23)20-9-6-10-22(15-20)32(38)39/h3-17,30H,2,18H2,1H3,(H,38,39)/b27-17-. The van der Waals surface area contributed by atoms with Crippen molar-refractivity contribution in [2.24, 2.45) is 4.99 Å². The van der Waals surface area contributed by atoms with E-state index >= 15 is 0 Å². The summed E-state index contributed by atoms with van der Waals surface area (Å²) >= 11 is 1.17. The highest BCUT2D eigenvalue weighted by atomic mass is 32.1. The first-order chi connectivity index (χ1) is 21.9. The summed E-state index contributed by atoms with van der Waals surface area (Å²) < 4.78 is 24.5. The number of ether oxygens (including phenoxy) is 3. The molecule has 0 saturated carbocycles. The number of aromatic carboxylic acids is 1. The zero-order valence-corrected chi connectivity index (χ0v) is 24.6. The number of aromatic nitrogens is 1.